The van der Waals surface area contributed by atoms with Gasteiger partial charge in [-0.15, -0.1) is 0 Å². The van der Waals surface area contributed by atoms with E-state index in [4.69, 9.17) is 5.26 Å². The summed E-state index contributed by atoms with van der Waals surface area (Å²) in [6.45, 7) is 3.94. The second-order valence-corrected chi connectivity index (χ2v) is 5.31. The van der Waals surface area contributed by atoms with Crippen molar-refractivity contribution in [2.45, 2.75) is 38.6 Å². The van der Waals surface area contributed by atoms with Crippen LogP contribution in [0, 0.1) is 11.3 Å². The maximum atomic E-state index is 12.3. The highest BCUT2D eigenvalue weighted by Gasteiger charge is 2.22. The molecule has 1 amide bonds. The third-order valence-electron chi connectivity index (χ3n) is 3.83. The molecule has 20 heavy (non-hydrogen) atoms. The Hall–Kier alpha value is -1.86. The lowest BCUT2D eigenvalue weighted by Gasteiger charge is -2.26. The van der Waals surface area contributed by atoms with Gasteiger partial charge in [-0.3, -0.25) is 9.69 Å². The molecule has 1 aromatic carbocycles. The van der Waals surface area contributed by atoms with Gasteiger partial charge in [0.15, 0.2) is 0 Å². The molecule has 1 N–H and O–H groups in total. The van der Waals surface area contributed by atoms with Crippen LogP contribution >= 0.6 is 0 Å². The number of amides is 1. The minimum atomic E-state index is -0.126. The molecule has 0 aliphatic carbocycles. The Bertz CT molecular complexity index is 499. The molecule has 1 atom stereocenters. The molecule has 2 rings (SSSR count). The van der Waals surface area contributed by atoms with Crippen molar-refractivity contribution in [3.8, 4) is 6.07 Å². The number of likely N-dealkylation sites (tertiary alicyclic amines) is 1. The quantitative estimate of drug-likeness (QED) is 0.919. The van der Waals surface area contributed by atoms with Crippen LogP contribution in [0.2, 0.25) is 0 Å². The Morgan fingerprint density at radius 1 is 1.30 bits per heavy atom. The minimum absolute atomic E-state index is 0.00184. The highest BCUT2D eigenvalue weighted by Crippen LogP contribution is 2.15. The van der Waals surface area contributed by atoms with Crippen LogP contribution < -0.4 is 5.32 Å². The fourth-order valence-electron chi connectivity index (χ4n) is 2.56. The molecule has 4 heteroatoms. The highest BCUT2D eigenvalue weighted by atomic mass is 16.2. The molecule has 1 unspecified atom stereocenters. The summed E-state index contributed by atoms with van der Waals surface area (Å²) in [7, 11) is 0. The Kier molecular flexibility index (Phi) is 5.14. The minimum Gasteiger partial charge on any atom is -0.325 e. The summed E-state index contributed by atoms with van der Waals surface area (Å²) in [5, 5.41) is 11.8. The summed E-state index contributed by atoms with van der Waals surface area (Å²) in [5.74, 6) is 0.00184. The SMILES string of the molecule is CC(C(=O)Nc1cccc(C#N)c1)N1CCCCCC1. The van der Waals surface area contributed by atoms with Gasteiger partial charge in [-0.2, -0.15) is 5.26 Å². The van der Waals surface area contributed by atoms with Crippen LogP contribution in [-0.2, 0) is 4.79 Å². The predicted molar refractivity (Wildman–Crippen MR) is 79.3 cm³/mol. The Morgan fingerprint density at radius 2 is 2.00 bits per heavy atom. The fourth-order valence-corrected chi connectivity index (χ4v) is 2.56. The smallest absolute Gasteiger partial charge is 0.241 e. The first-order valence-corrected chi connectivity index (χ1v) is 7.26. The van der Waals surface area contributed by atoms with Crippen LogP contribution in [0.15, 0.2) is 24.3 Å². The van der Waals surface area contributed by atoms with Crippen molar-refractivity contribution < 1.29 is 4.79 Å². The van der Waals surface area contributed by atoms with Gasteiger partial charge in [-0.25, -0.2) is 0 Å². The van der Waals surface area contributed by atoms with E-state index in [1.807, 2.05) is 13.0 Å². The maximum absolute atomic E-state index is 12.3. The zero-order valence-electron chi connectivity index (χ0n) is 11.9. The lowest BCUT2D eigenvalue weighted by Crippen LogP contribution is -2.42. The lowest BCUT2D eigenvalue weighted by molar-refractivity contribution is -0.120. The van der Waals surface area contributed by atoms with Gasteiger partial charge >= 0.3 is 0 Å². The van der Waals surface area contributed by atoms with Crippen molar-refractivity contribution in [2.75, 3.05) is 18.4 Å². The molecule has 0 aromatic heterocycles. The zero-order chi connectivity index (χ0) is 14.4. The summed E-state index contributed by atoms with van der Waals surface area (Å²) in [6, 6.07) is 8.98. The molecule has 1 aliphatic heterocycles. The summed E-state index contributed by atoms with van der Waals surface area (Å²) in [5.41, 5.74) is 1.25. The molecule has 0 spiro atoms. The van der Waals surface area contributed by atoms with E-state index in [9.17, 15) is 4.79 Å². The van der Waals surface area contributed by atoms with E-state index in [2.05, 4.69) is 16.3 Å². The summed E-state index contributed by atoms with van der Waals surface area (Å²) >= 11 is 0. The van der Waals surface area contributed by atoms with E-state index in [-0.39, 0.29) is 11.9 Å². The molecule has 0 radical (unpaired) electrons. The molecular formula is C16H21N3O. The van der Waals surface area contributed by atoms with E-state index in [1.54, 1.807) is 18.2 Å². The van der Waals surface area contributed by atoms with Gasteiger partial charge in [0.1, 0.15) is 0 Å². The van der Waals surface area contributed by atoms with Crippen LogP contribution in [0.4, 0.5) is 5.69 Å². The second kappa shape index (κ2) is 7.06. The number of anilines is 1. The van der Waals surface area contributed by atoms with E-state index in [0.29, 0.717) is 11.3 Å². The number of carbonyl (C=O) groups excluding carboxylic acids is 1. The van der Waals surface area contributed by atoms with Crippen molar-refractivity contribution in [1.29, 1.82) is 5.26 Å². The van der Waals surface area contributed by atoms with Gasteiger partial charge in [-0.1, -0.05) is 18.9 Å². The van der Waals surface area contributed by atoms with E-state index < -0.39 is 0 Å². The molecule has 0 saturated carbocycles. The van der Waals surface area contributed by atoms with Crippen LogP contribution in [0.5, 0.6) is 0 Å². The molecule has 106 valence electrons. The van der Waals surface area contributed by atoms with E-state index >= 15 is 0 Å². The van der Waals surface area contributed by atoms with Crippen molar-refractivity contribution in [3.63, 3.8) is 0 Å². The van der Waals surface area contributed by atoms with Crippen molar-refractivity contribution in [2.24, 2.45) is 0 Å². The van der Waals surface area contributed by atoms with Crippen molar-refractivity contribution in [3.05, 3.63) is 29.8 Å². The maximum Gasteiger partial charge on any atom is 0.241 e. The first-order valence-electron chi connectivity index (χ1n) is 7.26. The molecule has 1 fully saturated rings. The highest BCUT2D eigenvalue weighted by molar-refractivity contribution is 5.94. The van der Waals surface area contributed by atoms with Gasteiger partial charge in [0.05, 0.1) is 17.7 Å². The van der Waals surface area contributed by atoms with Crippen LogP contribution in [-0.4, -0.2) is 29.9 Å². The number of benzene rings is 1. The Morgan fingerprint density at radius 3 is 2.65 bits per heavy atom. The van der Waals surface area contributed by atoms with Crippen LogP contribution in [0.25, 0.3) is 0 Å². The number of nitrogens with one attached hydrogen (secondary N) is 1. The van der Waals surface area contributed by atoms with Gasteiger partial charge in [0.2, 0.25) is 5.91 Å². The molecule has 0 bridgehead atoms. The van der Waals surface area contributed by atoms with Crippen molar-refractivity contribution in [1.82, 2.24) is 4.90 Å². The normalized spacial score (nSPS) is 17.8. The number of hydrogen-bond acceptors (Lipinski definition) is 3. The zero-order valence-corrected chi connectivity index (χ0v) is 11.9. The standard InChI is InChI=1S/C16H21N3O/c1-13(19-9-4-2-3-5-10-19)16(20)18-15-8-6-7-14(11-15)12-17/h6-8,11,13H,2-5,9-10H2,1H3,(H,18,20). The van der Waals surface area contributed by atoms with Gasteiger partial charge in [-0.05, 0) is 51.1 Å². The largest absolute Gasteiger partial charge is 0.325 e. The second-order valence-electron chi connectivity index (χ2n) is 5.31. The number of carbonyl (C=O) groups is 1. The first-order chi connectivity index (χ1) is 9.70. The third-order valence-corrected chi connectivity index (χ3v) is 3.83. The summed E-state index contributed by atoms with van der Waals surface area (Å²) in [4.78, 5) is 14.5. The number of rotatable bonds is 3. The fraction of sp³-hybridized carbons (Fsp3) is 0.500. The van der Waals surface area contributed by atoms with Gasteiger partial charge < -0.3 is 5.32 Å². The predicted octanol–water partition coefficient (Wildman–Crippen LogP) is 2.76. The Balaban J connectivity index is 1.97. The third kappa shape index (κ3) is 3.82. The topological polar surface area (TPSA) is 56.1 Å². The molecular weight excluding hydrogens is 250 g/mol. The molecule has 1 saturated heterocycles. The van der Waals surface area contributed by atoms with Gasteiger partial charge in [0.25, 0.3) is 0 Å². The number of nitrogens with zero attached hydrogens (tertiary/aromatic N) is 2. The molecule has 1 aliphatic rings. The van der Waals surface area contributed by atoms with E-state index in [1.165, 1.54) is 25.7 Å². The monoisotopic (exact) mass is 271 g/mol. The average molecular weight is 271 g/mol. The average Bonchev–Trinajstić information content (AvgIpc) is 2.75. The van der Waals surface area contributed by atoms with Crippen molar-refractivity contribution >= 4 is 11.6 Å². The summed E-state index contributed by atoms with van der Waals surface area (Å²) < 4.78 is 0. The first kappa shape index (κ1) is 14.5. The Labute approximate surface area is 120 Å². The number of hydrogen-bond donors (Lipinski definition) is 1. The lowest BCUT2D eigenvalue weighted by atomic mass is 10.2. The molecule has 4 nitrogen and oxygen atoms in total. The van der Waals surface area contributed by atoms with Gasteiger partial charge in [0, 0.05) is 5.69 Å². The van der Waals surface area contributed by atoms with Crippen LogP contribution in [0.3, 0.4) is 0 Å². The summed E-state index contributed by atoms with van der Waals surface area (Å²) in [6.07, 6.45) is 4.85. The molecule has 1 heterocycles. The van der Waals surface area contributed by atoms with Crippen LogP contribution in [0.1, 0.15) is 38.2 Å². The molecule has 1 aromatic rings. The number of nitriles is 1. The van der Waals surface area contributed by atoms with E-state index in [0.717, 1.165) is 13.1 Å².